The number of ether oxygens (including phenoxy) is 1. The molecule has 0 aromatic carbocycles. The Balaban J connectivity index is 2.03. The van der Waals surface area contributed by atoms with E-state index < -0.39 is 11.9 Å². The molecule has 2 saturated heterocycles. The molecule has 0 saturated carbocycles. The lowest BCUT2D eigenvalue weighted by Crippen LogP contribution is -2.43. The third kappa shape index (κ3) is 4.39. The van der Waals surface area contributed by atoms with Crippen LogP contribution in [0.4, 0.5) is 0 Å². The van der Waals surface area contributed by atoms with E-state index >= 15 is 0 Å². The minimum absolute atomic E-state index is 0.0300. The van der Waals surface area contributed by atoms with Crippen LogP contribution in [0.3, 0.4) is 0 Å². The molecule has 2 aliphatic heterocycles. The van der Waals surface area contributed by atoms with Gasteiger partial charge in [0.05, 0.1) is 12.5 Å². The summed E-state index contributed by atoms with van der Waals surface area (Å²) in [4.78, 5) is 27.4. The van der Waals surface area contributed by atoms with Gasteiger partial charge in [0.25, 0.3) is 0 Å². The number of likely N-dealkylation sites (N-methyl/N-ethyl adjacent to an activating group) is 1. The van der Waals surface area contributed by atoms with Crippen LogP contribution in [0.2, 0.25) is 0 Å². The van der Waals surface area contributed by atoms with Crippen molar-refractivity contribution in [2.75, 3.05) is 53.0 Å². The van der Waals surface area contributed by atoms with Gasteiger partial charge in [-0.05, 0) is 19.9 Å². The molecule has 1 amide bonds. The van der Waals surface area contributed by atoms with Crippen LogP contribution in [0.5, 0.6) is 0 Å². The molecule has 0 aliphatic carbocycles. The smallest absolute Gasteiger partial charge is 0.309 e. The molecule has 2 aliphatic rings. The average Bonchev–Trinajstić information content (AvgIpc) is 2.71. The Morgan fingerprint density at radius 1 is 1.24 bits per heavy atom. The van der Waals surface area contributed by atoms with E-state index in [1.54, 1.807) is 11.9 Å². The zero-order valence-corrected chi connectivity index (χ0v) is 12.6. The van der Waals surface area contributed by atoms with E-state index in [1.807, 2.05) is 0 Å². The fourth-order valence-electron chi connectivity index (χ4n) is 3.07. The van der Waals surface area contributed by atoms with Gasteiger partial charge >= 0.3 is 5.97 Å². The van der Waals surface area contributed by atoms with Gasteiger partial charge in [-0.15, -0.1) is 0 Å². The topological polar surface area (TPSA) is 82.1 Å². The van der Waals surface area contributed by atoms with Crippen molar-refractivity contribution >= 4 is 11.9 Å². The number of nitrogens with one attached hydrogen (secondary N) is 1. The van der Waals surface area contributed by atoms with Crippen LogP contribution in [-0.2, 0) is 14.3 Å². The molecule has 0 spiro atoms. The van der Waals surface area contributed by atoms with Gasteiger partial charge in [-0.25, -0.2) is 0 Å². The molecule has 2 N–H and O–H groups in total. The van der Waals surface area contributed by atoms with Crippen molar-refractivity contribution in [1.82, 2.24) is 15.1 Å². The highest BCUT2D eigenvalue weighted by Crippen LogP contribution is 2.19. The number of carboxylic acids is 1. The number of amides is 1. The van der Waals surface area contributed by atoms with E-state index in [9.17, 15) is 14.7 Å². The molecule has 0 bridgehead atoms. The second-order valence-corrected chi connectivity index (χ2v) is 5.74. The quantitative estimate of drug-likeness (QED) is 0.709. The van der Waals surface area contributed by atoms with Crippen LogP contribution in [0.15, 0.2) is 0 Å². The van der Waals surface area contributed by atoms with Crippen LogP contribution in [0.1, 0.15) is 12.8 Å². The highest BCUT2D eigenvalue weighted by molar-refractivity contribution is 5.79. The van der Waals surface area contributed by atoms with Crippen molar-refractivity contribution in [3.05, 3.63) is 0 Å². The van der Waals surface area contributed by atoms with Gasteiger partial charge in [0, 0.05) is 45.4 Å². The van der Waals surface area contributed by atoms with E-state index in [0.29, 0.717) is 25.7 Å². The third-order valence-corrected chi connectivity index (χ3v) is 4.29. The molecular formula is C14H25N3O4. The standard InChI is InChI=1S/C14H25N3O4/c1-15-8-13(18)17-5-4-16(9-11(10-17)14(19)20)12-2-6-21-7-3-12/h11-12,15H,2-10H2,1H3,(H,19,20)/t11-/m1/s1. The average molecular weight is 299 g/mol. The van der Waals surface area contributed by atoms with Crippen LogP contribution in [0.25, 0.3) is 0 Å². The Morgan fingerprint density at radius 2 is 1.95 bits per heavy atom. The van der Waals surface area contributed by atoms with Gasteiger partial charge in [0.1, 0.15) is 0 Å². The van der Waals surface area contributed by atoms with Crippen molar-refractivity contribution in [2.45, 2.75) is 18.9 Å². The summed E-state index contributed by atoms with van der Waals surface area (Å²) in [5.74, 6) is -1.37. The molecule has 0 aromatic heterocycles. The van der Waals surface area contributed by atoms with Crippen molar-refractivity contribution in [2.24, 2.45) is 5.92 Å². The Kier molecular flexibility index (Phi) is 5.96. The van der Waals surface area contributed by atoms with E-state index in [-0.39, 0.29) is 12.5 Å². The molecule has 0 radical (unpaired) electrons. The zero-order chi connectivity index (χ0) is 15.2. The lowest BCUT2D eigenvalue weighted by molar-refractivity contribution is -0.143. The van der Waals surface area contributed by atoms with Crippen LogP contribution < -0.4 is 5.32 Å². The van der Waals surface area contributed by atoms with Gasteiger partial charge in [0.15, 0.2) is 0 Å². The SMILES string of the molecule is CNCC(=O)N1CCN(C2CCOCC2)C[C@@H](C(=O)O)C1. The lowest BCUT2D eigenvalue weighted by atomic mass is 10.0. The first-order valence-corrected chi connectivity index (χ1v) is 7.58. The monoisotopic (exact) mass is 299 g/mol. The first kappa shape index (κ1) is 16.2. The molecular weight excluding hydrogens is 274 g/mol. The third-order valence-electron chi connectivity index (χ3n) is 4.29. The summed E-state index contributed by atoms with van der Waals surface area (Å²) in [6.07, 6.45) is 1.88. The number of nitrogens with zero attached hydrogens (tertiary/aromatic N) is 2. The number of hydrogen-bond acceptors (Lipinski definition) is 5. The number of carbonyl (C=O) groups is 2. The summed E-state index contributed by atoms with van der Waals surface area (Å²) in [5, 5.41) is 12.2. The molecule has 2 heterocycles. The molecule has 120 valence electrons. The molecule has 2 fully saturated rings. The van der Waals surface area contributed by atoms with Gasteiger partial charge in [-0.1, -0.05) is 0 Å². The summed E-state index contributed by atoms with van der Waals surface area (Å²) in [5.41, 5.74) is 0. The summed E-state index contributed by atoms with van der Waals surface area (Å²) < 4.78 is 5.37. The molecule has 21 heavy (non-hydrogen) atoms. The molecule has 0 aromatic rings. The summed E-state index contributed by atoms with van der Waals surface area (Å²) >= 11 is 0. The minimum atomic E-state index is -0.823. The van der Waals surface area contributed by atoms with Gasteiger partial charge in [0.2, 0.25) is 5.91 Å². The first-order valence-electron chi connectivity index (χ1n) is 7.58. The second-order valence-electron chi connectivity index (χ2n) is 5.74. The number of aliphatic carboxylic acids is 1. The number of hydrogen-bond donors (Lipinski definition) is 2. The molecule has 2 rings (SSSR count). The molecule has 7 heteroatoms. The predicted molar refractivity (Wildman–Crippen MR) is 77.0 cm³/mol. The predicted octanol–water partition coefficient (Wildman–Crippen LogP) is -0.770. The summed E-state index contributed by atoms with van der Waals surface area (Å²) in [6, 6.07) is 0.375. The second kappa shape index (κ2) is 7.72. The fourth-order valence-corrected chi connectivity index (χ4v) is 3.07. The van der Waals surface area contributed by atoms with Crippen LogP contribution >= 0.6 is 0 Å². The van der Waals surface area contributed by atoms with Crippen molar-refractivity contribution < 1.29 is 19.4 Å². The van der Waals surface area contributed by atoms with E-state index in [1.165, 1.54) is 0 Å². The highest BCUT2D eigenvalue weighted by atomic mass is 16.5. The molecule has 1 atom stereocenters. The summed E-state index contributed by atoms with van der Waals surface area (Å²) in [7, 11) is 1.72. The van der Waals surface area contributed by atoms with Gasteiger partial charge in [-0.3, -0.25) is 14.5 Å². The van der Waals surface area contributed by atoms with Crippen molar-refractivity contribution in [1.29, 1.82) is 0 Å². The van der Waals surface area contributed by atoms with Crippen LogP contribution in [-0.4, -0.2) is 85.8 Å². The maximum Gasteiger partial charge on any atom is 0.309 e. The Morgan fingerprint density at radius 3 is 2.57 bits per heavy atom. The maximum atomic E-state index is 12.0. The maximum absolute atomic E-state index is 12.0. The van der Waals surface area contributed by atoms with E-state index in [0.717, 1.165) is 32.6 Å². The number of carboxylic acid groups (broad SMARTS) is 1. The largest absolute Gasteiger partial charge is 0.481 e. The highest BCUT2D eigenvalue weighted by Gasteiger charge is 2.33. The van der Waals surface area contributed by atoms with Gasteiger partial charge < -0.3 is 20.1 Å². The Bertz CT molecular complexity index is 371. The Hall–Kier alpha value is -1.18. The fraction of sp³-hybridized carbons (Fsp3) is 0.857. The summed E-state index contributed by atoms with van der Waals surface area (Å²) in [6.45, 7) is 3.89. The van der Waals surface area contributed by atoms with Crippen LogP contribution in [0, 0.1) is 5.92 Å². The first-order chi connectivity index (χ1) is 10.1. The van der Waals surface area contributed by atoms with E-state index in [4.69, 9.17) is 4.74 Å². The van der Waals surface area contributed by atoms with E-state index in [2.05, 4.69) is 10.2 Å². The minimum Gasteiger partial charge on any atom is -0.481 e. The number of carbonyl (C=O) groups excluding carboxylic acids is 1. The normalized spacial score (nSPS) is 25.6. The zero-order valence-electron chi connectivity index (χ0n) is 12.6. The Labute approximate surface area is 125 Å². The van der Waals surface area contributed by atoms with Gasteiger partial charge in [-0.2, -0.15) is 0 Å². The van der Waals surface area contributed by atoms with Crippen molar-refractivity contribution in [3.63, 3.8) is 0 Å². The molecule has 0 unspecified atom stereocenters. The van der Waals surface area contributed by atoms with Crippen molar-refractivity contribution in [3.8, 4) is 0 Å². The molecule has 7 nitrogen and oxygen atoms in total. The number of rotatable bonds is 4. The lowest BCUT2D eigenvalue weighted by Gasteiger charge is -2.34.